The molecule has 0 aromatic rings. The largest absolute Gasteiger partial charge is 0.340 e. The van der Waals surface area contributed by atoms with Crippen LogP contribution in [-0.4, -0.2) is 67.7 Å². The van der Waals surface area contributed by atoms with Gasteiger partial charge in [-0.05, 0) is 26.7 Å². The Kier molecular flexibility index (Phi) is 6.84. The summed E-state index contributed by atoms with van der Waals surface area (Å²) in [5, 5.41) is -0.635. The fraction of sp³-hybridized carbons (Fsp3) is 0.867. The standard InChI is InChI=1S/C15H28N2O4S/c1-12(13(2)22(4,20)21)16(3)15(19)11-17-10-8-6-5-7-9-14(17)18/h12-13H,5-11H2,1-4H3/t12-,13+/m0/s1. The summed E-state index contributed by atoms with van der Waals surface area (Å²) in [4.78, 5) is 27.5. The van der Waals surface area contributed by atoms with Crippen molar-refractivity contribution in [2.24, 2.45) is 0 Å². The van der Waals surface area contributed by atoms with E-state index in [2.05, 4.69) is 0 Å². The van der Waals surface area contributed by atoms with Gasteiger partial charge in [-0.2, -0.15) is 0 Å². The topological polar surface area (TPSA) is 74.8 Å². The molecule has 0 N–H and O–H groups in total. The zero-order valence-electron chi connectivity index (χ0n) is 14.0. The van der Waals surface area contributed by atoms with E-state index in [0.29, 0.717) is 13.0 Å². The SMILES string of the molecule is C[C@H]([C@H](C)N(C)C(=O)CN1CCCCCCC1=O)S(C)(=O)=O. The molecule has 0 aromatic heterocycles. The molecule has 6 nitrogen and oxygen atoms in total. The van der Waals surface area contributed by atoms with Crippen LogP contribution in [0, 0.1) is 0 Å². The second kappa shape index (κ2) is 7.94. The minimum atomic E-state index is -3.21. The fourth-order valence-corrected chi connectivity index (χ4v) is 3.46. The third-order valence-electron chi connectivity index (χ3n) is 4.61. The van der Waals surface area contributed by atoms with Gasteiger partial charge in [0.05, 0.1) is 11.8 Å². The van der Waals surface area contributed by atoms with Crippen LogP contribution >= 0.6 is 0 Å². The predicted octanol–water partition coefficient (Wildman–Crippen LogP) is 1.06. The number of likely N-dealkylation sites (N-methyl/N-ethyl adjacent to an activating group) is 1. The third-order valence-corrected chi connectivity index (χ3v) is 6.35. The van der Waals surface area contributed by atoms with Gasteiger partial charge in [0, 0.05) is 32.3 Å². The Balaban J connectivity index is 2.67. The number of sulfone groups is 1. The normalized spacial score (nSPS) is 20.0. The summed E-state index contributed by atoms with van der Waals surface area (Å²) in [5.74, 6) is -0.192. The number of carbonyl (C=O) groups excluding carboxylic acids is 2. The van der Waals surface area contributed by atoms with E-state index in [-0.39, 0.29) is 18.4 Å². The molecule has 1 rings (SSSR count). The molecule has 0 unspecified atom stereocenters. The van der Waals surface area contributed by atoms with E-state index in [0.717, 1.165) is 25.7 Å². The number of carbonyl (C=O) groups is 2. The summed E-state index contributed by atoms with van der Waals surface area (Å²) < 4.78 is 23.2. The van der Waals surface area contributed by atoms with Gasteiger partial charge in [-0.3, -0.25) is 9.59 Å². The van der Waals surface area contributed by atoms with Gasteiger partial charge in [-0.1, -0.05) is 12.8 Å². The first-order chi connectivity index (χ1) is 10.1. The molecule has 22 heavy (non-hydrogen) atoms. The first kappa shape index (κ1) is 18.9. The summed E-state index contributed by atoms with van der Waals surface area (Å²) >= 11 is 0. The lowest BCUT2D eigenvalue weighted by Gasteiger charge is -2.32. The molecule has 1 saturated heterocycles. The Morgan fingerprint density at radius 2 is 1.82 bits per heavy atom. The summed E-state index contributed by atoms with van der Waals surface area (Å²) in [6.45, 7) is 3.97. The minimum Gasteiger partial charge on any atom is -0.340 e. The van der Waals surface area contributed by atoms with Crippen LogP contribution in [0.25, 0.3) is 0 Å². The lowest BCUT2D eigenvalue weighted by Crippen LogP contribution is -2.49. The molecule has 128 valence electrons. The van der Waals surface area contributed by atoms with E-state index in [1.807, 2.05) is 0 Å². The van der Waals surface area contributed by atoms with Gasteiger partial charge < -0.3 is 9.80 Å². The Hall–Kier alpha value is -1.11. The highest BCUT2D eigenvalue weighted by Gasteiger charge is 2.29. The van der Waals surface area contributed by atoms with Gasteiger partial charge in [-0.25, -0.2) is 8.42 Å². The van der Waals surface area contributed by atoms with Crippen molar-refractivity contribution in [1.29, 1.82) is 0 Å². The van der Waals surface area contributed by atoms with Crippen molar-refractivity contribution in [2.45, 2.75) is 57.2 Å². The number of amides is 2. The molecule has 1 aliphatic rings. The van der Waals surface area contributed by atoms with Crippen molar-refractivity contribution in [3.05, 3.63) is 0 Å². The van der Waals surface area contributed by atoms with Crippen molar-refractivity contribution in [3.63, 3.8) is 0 Å². The van der Waals surface area contributed by atoms with Crippen LogP contribution in [-0.2, 0) is 19.4 Å². The zero-order chi connectivity index (χ0) is 16.9. The average molecular weight is 332 g/mol. The summed E-state index contributed by atoms with van der Waals surface area (Å²) in [7, 11) is -1.61. The van der Waals surface area contributed by atoms with E-state index in [1.54, 1.807) is 25.8 Å². The van der Waals surface area contributed by atoms with E-state index in [4.69, 9.17) is 0 Å². The molecular formula is C15H28N2O4S. The fourth-order valence-electron chi connectivity index (χ4n) is 2.56. The molecule has 2 amide bonds. The van der Waals surface area contributed by atoms with Crippen LogP contribution in [0.5, 0.6) is 0 Å². The molecule has 1 aliphatic heterocycles. The average Bonchev–Trinajstić information content (AvgIpc) is 2.43. The molecule has 0 spiro atoms. The molecule has 1 fully saturated rings. The van der Waals surface area contributed by atoms with Crippen molar-refractivity contribution in [2.75, 3.05) is 26.4 Å². The molecule has 0 saturated carbocycles. The number of nitrogens with zero attached hydrogens (tertiary/aromatic N) is 2. The molecule has 0 bridgehead atoms. The van der Waals surface area contributed by atoms with Crippen molar-refractivity contribution in [3.8, 4) is 0 Å². The Morgan fingerprint density at radius 3 is 2.41 bits per heavy atom. The highest BCUT2D eigenvalue weighted by molar-refractivity contribution is 7.91. The van der Waals surface area contributed by atoms with Crippen LogP contribution in [0.2, 0.25) is 0 Å². The first-order valence-corrected chi connectivity index (χ1v) is 9.82. The smallest absolute Gasteiger partial charge is 0.242 e. The summed E-state index contributed by atoms with van der Waals surface area (Å²) in [6, 6.07) is -0.424. The number of rotatable bonds is 5. The number of hydrogen-bond acceptors (Lipinski definition) is 4. The highest BCUT2D eigenvalue weighted by atomic mass is 32.2. The van der Waals surface area contributed by atoms with Gasteiger partial charge in [0.1, 0.15) is 0 Å². The molecule has 7 heteroatoms. The van der Waals surface area contributed by atoms with Gasteiger partial charge >= 0.3 is 0 Å². The minimum absolute atomic E-state index is 0.0188. The first-order valence-electron chi connectivity index (χ1n) is 7.87. The number of likely N-dealkylation sites (tertiary alicyclic amines) is 1. The van der Waals surface area contributed by atoms with E-state index in [9.17, 15) is 18.0 Å². The van der Waals surface area contributed by atoms with E-state index >= 15 is 0 Å². The van der Waals surface area contributed by atoms with Crippen LogP contribution < -0.4 is 0 Å². The van der Waals surface area contributed by atoms with Crippen LogP contribution in [0.4, 0.5) is 0 Å². The van der Waals surface area contributed by atoms with Gasteiger partial charge in [0.2, 0.25) is 11.8 Å². The maximum absolute atomic E-state index is 12.4. The third kappa shape index (κ3) is 5.26. The van der Waals surface area contributed by atoms with Gasteiger partial charge in [-0.15, -0.1) is 0 Å². The number of hydrogen-bond donors (Lipinski definition) is 0. The molecular weight excluding hydrogens is 304 g/mol. The van der Waals surface area contributed by atoms with Crippen molar-refractivity contribution >= 4 is 21.7 Å². The Labute approximate surface area is 133 Å². The van der Waals surface area contributed by atoms with Gasteiger partial charge in [0.25, 0.3) is 0 Å². The van der Waals surface area contributed by atoms with Crippen molar-refractivity contribution < 1.29 is 18.0 Å². The van der Waals surface area contributed by atoms with E-state index in [1.165, 1.54) is 11.2 Å². The lowest BCUT2D eigenvalue weighted by molar-refractivity contribution is -0.141. The summed E-state index contributed by atoms with van der Waals surface area (Å²) in [5.41, 5.74) is 0. The van der Waals surface area contributed by atoms with E-state index < -0.39 is 21.1 Å². The van der Waals surface area contributed by atoms with Crippen LogP contribution in [0.15, 0.2) is 0 Å². The molecule has 0 aromatic carbocycles. The maximum Gasteiger partial charge on any atom is 0.242 e. The van der Waals surface area contributed by atoms with Crippen LogP contribution in [0.3, 0.4) is 0 Å². The lowest BCUT2D eigenvalue weighted by atomic mass is 10.1. The second-order valence-electron chi connectivity index (χ2n) is 6.26. The molecule has 0 aliphatic carbocycles. The monoisotopic (exact) mass is 332 g/mol. The molecule has 1 heterocycles. The van der Waals surface area contributed by atoms with Gasteiger partial charge in [0.15, 0.2) is 9.84 Å². The Bertz CT molecular complexity index is 504. The van der Waals surface area contributed by atoms with Crippen molar-refractivity contribution in [1.82, 2.24) is 9.80 Å². The molecule has 2 atom stereocenters. The molecule has 0 radical (unpaired) electrons. The summed E-state index contributed by atoms with van der Waals surface area (Å²) in [6.07, 6.45) is 5.60. The highest BCUT2D eigenvalue weighted by Crippen LogP contribution is 2.14. The van der Waals surface area contributed by atoms with Crippen LogP contribution in [0.1, 0.15) is 46.0 Å². The zero-order valence-corrected chi connectivity index (χ0v) is 14.9. The quantitative estimate of drug-likeness (QED) is 0.754. The second-order valence-corrected chi connectivity index (χ2v) is 8.66. The Morgan fingerprint density at radius 1 is 1.23 bits per heavy atom. The predicted molar refractivity (Wildman–Crippen MR) is 86.2 cm³/mol. The maximum atomic E-state index is 12.4.